The number of anilines is 1. The molecule has 0 aliphatic carbocycles. The number of carbonyl (C=O) groups is 1. The van der Waals surface area contributed by atoms with E-state index in [0.29, 0.717) is 28.3 Å². The topological polar surface area (TPSA) is 106 Å². The van der Waals surface area contributed by atoms with Crippen LogP contribution >= 0.6 is 0 Å². The van der Waals surface area contributed by atoms with E-state index in [1.807, 2.05) is 0 Å². The van der Waals surface area contributed by atoms with E-state index in [4.69, 9.17) is 4.74 Å². The van der Waals surface area contributed by atoms with Crippen LogP contribution in [0.2, 0.25) is 0 Å². The summed E-state index contributed by atoms with van der Waals surface area (Å²) in [6.07, 6.45) is -0.522. The zero-order valence-corrected chi connectivity index (χ0v) is 15.2. The first-order chi connectivity index (χ1) is 13.4. The molecule has 0 bridgehead atoms. The fourth-order valence-corrected chi connectivity index (χ4v) is 2.92. The average molecular weight is 384 g/mol. The van der Waals surface area contributed by atoms with Crippen molar-refractivity contribution in [2.24, 2.45) is 7.05 Å². The summed E-state index contributed by atoms with van der Waals surface area (Å²) in [5, 5.41) is 21.3. The molecule has 1 aliphatic heterocycles. The van der Waals surface area contributed by atoms with E-state index in [1.165, 1.54) is 22.0 Å². The lowest BCUT2D eigenvalue weighted by Crippen LogP contribution is -2.29. The van der Waals surface area contributed by atoms with Crippen molar-refractivity contribution in [2.75, 3.05) is 11.4 Å². The number of hydrogen-bond donors (Lipinski definition) is 1. The van der Waals surface area contributed by atoms with E-state index in [0.717, 1.165) is 0 Å². The van der Waals surface area contributed by atoms with E-state index >= 15 is 0 Å². The van der Waals surface area contributed by atoms with Gasteiger partial charge in [-0.2, -0.15) is 4.80 Å². The van der Waals surface area contributed by atoms with Crippen LogP contribution in [-0.2, 0) is 11.8 Å². The third kappa shape index (κ3) is 3.29. The fourth-order valence-electron chi connectivity index (χ4n) is 2.92. The van der Waals surface area contributed by atoms with Crippen molar-refractivity contribution < 1.29 is 19.0 Å². The van der Waals surface area contributed by atoms with Crippen LogP contribution in [0.3, 0.4) is 0 Å². The molecular formula is C18H17FN6O3. The maximum absolute atomic E-state index is 14.7. The van der Waals surface area contributed by atoms with Crippen molar-refractivity contribution in [1.82, 2.24) is 25.2 Å². The first-order valence-electron chi connectivity index (χ1n) is 8.59. The van der Waals surface area contributed by atoms with Gasteiger partial charge in [-0.05, 0) is 36.4 Å². The second kappa shape index (κ2) is 6.97. The van der Waals surface area contributed by atoms with Crippen LogP contribution in [-0.4, -0.2) is 55.1 Å². The summed E-state index contributed by atoms with van der Waals surface area (Å²) in [5.41, 5.74) is 1.80. The number of carbonyl (C=O) groups excluding carboxylic acids is 1. The second-order valence-electron chi connectivity index (χ2n) is 6.47. The van der Waals surface area contributed by atoms with Crippen molar-refractivity contribution >= 4 is 11.8 Å². The molecule has 28 heavy (non-hydrogen) atoms. The molecule has 0 saturated carbocycles. The molecule has 1 aliphatic rings. The highest BCUT2D eigenvalue weighted by atomic mass is 19.1. The second-order valence-corrected chi connectivity index (χ2v) is 6.47. The highest BCUT2D eigenvalue weighted by molar-refractivity contribution is 5.90. The summed E-state index contributed by atoms with van der Waals surface area (Å²) in [7, 11) is 1.65. The number of aryl methyl sites for hydroxylation is 1. The SMILES string of the molecule is CC(O)[C@H]1CN(c2ccc(-c3ccc(-c4nnn(C)n4)nc3)c(F)c2)C(=O)O1. The van der Waals surface area contributed by atoms with E-state index in [1.54, 1.807) is 38.2 Å². The van der Waals surface area contributed by atoms with Gasteiger partial charge in [0.1, 0.15) is 17.6 Å². The summed E-state index contributed by atoms with van der Waals surface area (Å²) >= 11 is 0. The minimum Gasteiger partial charge on any atom is -0.441 e. The van der Waals surface area contributed by atoms with Gasteiger partial charge in [0.15, 0.2) is 0 Å². The van der Waals surface area contributed by atoms with Crippen LogP contribution in [0.25, 0.3) is 22.6 Å². The molecule has 1 N–H and O–H groups in total. The fraction of sp³-hybridized carbons (Fsp3) is 0.278. The Morgan fingerprint density at radius 3 is 2.71 bits per heavy atom. The largest absolute Gasteiger partial charge is 0.441 e. The molecule has 4 rings (SSSR count). The number of ether oxygens (including phenoxy) is 1. The lowest BCUT2D eigenvalue weighted by molar-refractivity contribution is 0.0437. The number of halogens is 1. The minimum absolute atomic E-state index is 0.163. The quantitative estimate of drug-likeness (QED) is 0.731. The Labute approximate surface area is 159 Å². The molecule has 1 unspecified atom stereocenters. The molecule has 1 aromatic carbocycles. The monoisotopic (exact) mass is 384 g/mol. The Bertz CT molecular complexity index is 1020. The third-order valence-electron chi connectivity index (χ3n) is 4.45. The van der Waals surface area contributed by atoms with Gasteiger partial charge < -0.3 is 9.84 Å². The summed E-state index contributed by atoms with van der Waals surface area (Å²) < 4.78 is 19.8. The average Bonchev–Trinajstić information content (AvgIpc) is 3.28. The van der Waals surface area contributed by atoms with Crippen LogP contribution in [0.4, 0.5) is 14.9 Å². The number of aliphatic hydroxyl groups excluding tert-OH is 1. The van der Waals surface area contributed by atoms with Crippen LogP contribution in [0, 0.1) is 5.82 Å². The Hall–Kier alpha value is -3.40. The van der Waals surface area contributed by atoms with E-state index in [9.17, 15) is 14.3 Å². The number of hydrogen-bond acceptors (Lipinski definition) is 7. The molecule has 9 nitrogen and oxygen atoms in total. The van der Waals surface area contributed by atoms with Crippen molar-refractivity contribution in [1.29, 1.82) is 0 Å². The van der Waals surface area contributed by atoms with Gasteiger partial charge in [-0.1, -0.05) is 6.07 Å². The summed E-state index contributed by atoms with van der Waals surface area (Å²) in [4.78, 5) is 18.9. The summed E-state index contributed by atoms with van der Waals surface area (Å²) in [5.74, 6) is -0.122. The number of cyclic esters (lactones) is 1. The lowest BCUT2D eigenvalue weighted by atomic mass is 10.1. The molecule has 2 aromatic heterocycles. The van der Waals surface area contributed by atoms with Gasteiger partial charge in [-0.15, -0.1) is 10.2 Å². The minimum atomic E-state index is -0.800. The smallest absolute Gasteiger partial charge is 0.414 e. The van der Waals surface area contributed by atoms with Gasteiger partial charge in [0.05, 0.1) is 25.4 Å². The molecule has 1 amide bonds. The number of aliphatic hydroxyl groups is 1. The molecule has 0 radical (unpaired) electrons. The third-order valence-corrected chi connectivity index (χ3v) is 4.45. The van der Waals surface area contributed by atoms with Gasteiger partial charge in [-0.25, -0.2) is 9.18 Å². The number of nitrogens with zero attached hydrogens (tertiary/aromatic N) is 6. The van der Waals surface area contributed by atoms with Crippen molar-refractivity contribution in [3.05, 3.63) is 42.3 Å². The predicted molar refractivity (Wildman–Crippen MR) is 96.7 cm³/mol. The van der Waals surface area contributed by atoms with Crippen molar-refractivity contribution in [3.8, 4) is 22.6 Å². The first-order valence-corrected chi connectivity index (χ1v) is 8.59. The Morgan fingerprint density at radius 2 is 2.14 bits per heavy atom. The molecule has 144 valence electrons. The van der Waals surface area contributed by atoms with Gasteiger partial charge in [0, 0.05) is 17.3 Å². The molecule has 1 saturated heterocycles. The number of rotatable bonds is 4. The van der Waals surface area contributed by atoms with Crippen molar-refractivity contribution in [3.63, 3.8) is 0 Å². The summed E-state index contributed by atoms with van der Waals surface area (Å²) in [6, 6.07) is 7.86. The molecular weight excluding hydrogens is 367 g/mol. The Morgan fingerprint density at radius 1 is 1.32 bits per heavy atom. The Balaban J connectivity index is 1.57. The molecule has 10 heteroatoms. The standard InChI is InChI=1S/C18H17FN6O3/c1-10(26)16-9-25(18(27)28-16)12-4-5-13(14(19)7-12)11-3-6-15(20-8-11)17-21-23-24(2)22-17/h3-8,10,16,26H,9H2,1-2H3/t10?,16-/m1/s1. The molecule has 1 fully saturated rings. The van der Waals surface area contributed by atoms with Gasteiger partial charge in [0.25, 0.3) is 0 Å². The highest BCUT2D eigenvalue weighted by Gasteiger charge is 2.35. The Kier molecular flexibility index (Phi) is 4.47. The normalized spacial score (nSPS) is 17.6. The van der Waals surface area contributed by atoms with Gasteiger partial charge in [0.2, 0.25) is 5.82 Å². The van der Waals surface area contributed by atoms with Crippen LogP contribution in [0.1, 0.15) is 6.92 Å². The maximum atomic E-state index is 14.7. The van der Waals surface area contributed by atoms with Crippen LogP contribution < -0.4 is 4.90 Å². The van der Waals surface area contributed by atoms with Gasteiger partial charge in [-0.3, -0.25) is 9.88 Å². The maximum Gasteiger partial charge on any atom is 0.414 e. The highest BCUT2D eigenvalue weighted by Crippen LogP contribution is 2.29. The number of amides is 1. The zero-order chi connectivity index (χ0) is 19.8. The first kappa shape index (κ1) is 18.0. The van der Waals surface area contributed by atoms with E-state index in [-0.39, 0.29) is 6.54 Å². The van der Waals surface area contributed by atoms with Gasteiger partial charge >= 0.3 is 6.09 Å². The zero-order valence-electron chi connectivity index (χ0n) is 15.2. The molecule has 3 aromatic rings. The number of aromatic nitrogens is 5. The summed E-state index contributed by atoms with van der Waals surface area (Å²) in [6.45, 7) is 1.70. The molecule has 3 heterocycles. The predicted octanol–water partition coefficient (Wildman–Crippen LogP) is 1.78. The lowest BCUT2D eigenvalue weighted by Gasteiger charge is -2.15. The van der Waals surface area contributed by atoms with E-state index < -0.39 is 24.1 Å². The molecule has 2 atom stereocenters. The van der Waals surface area contributed by atoms with Crippen LogP contribution in [0.15, 0.2) is 36.5 Å². The molecule has 0 spiro atoms. The number of pyridine rings is 1. The van der Waals surface area contributed by atoms with E-state index in [2.05, 4.69) is 20.4 Å². The number of benzene rings is 1. The number of tetrazole rings is 1. The van der Waals surface area contributed by atoms with Crippen molar-refractivity contribution in [2.45, 2.75) is 19.1 Å². The van der Waals surface area contributed by atoms with Crippen LogP contribution in [0.5, 0.6) is 0 Å².